The van der Waals surface area contributed by atoms with Crippen molar-refractivity contribution in [3.63, 3.8) is 0 Å². The maximum absolute atomic E-state index is 13.7. The summed E-state index contributed by atoms with van der Waals surface area (Å²) in [6.07, 6.45) is 2.45. The minimum absolute atomic E-state index is 0.00857. The van der Waals surface area contributed by atoms with Gasteiger partial charge in [-0.15, -0.1) is 0 Å². The number of rotatable bonds is 9. The van der Waals surface area contributed by atoms with Gasteiger partial charge >= 0.3 is 0 Å². The van der Waals surface area contributed by atoms with Crippen LogP contribution < -0.4 is 0 Å². The topological polar surface area (TPSA) is 26.3 Å². The van der Waals surface area contributed by atoms with E-state index in [1.165, 1.54) is 0 Å². The van der Waals surface area contributed by atoms with Gasteiger partial charge in [-0.1, -0.05) is 104 Å². The first-order chi connectivity index (χ1) is 13.3. The highest BCUT2D eigenvalue weighted by Gasteiger charge is 2.41. The summed E-state index contributed by atoms with van der Waals surface area (Å²) in [5.41, 5.74) is 1.63. The Morgan fingerprint density at radius 3 is 1.96 bits per heavy atom. The van der Waals surface area contributed by atoms with Gasteiger partial charge in [0.15, 0.2) is 11.4 Å². The maximum Gasteiger partial charge on any atom is 0.199 e. The number of benzene rings is 3. The van der Waals surface area contributed by atoms with Gasteiger partial charge in [0.1, 0.15) is 0 Å². The molecule has 0 bridgehead atoms. The molecule has 0 aliphatic rings. The molecule has 138 valence electrons. The molecule has 0 amide bonds. The molecular formula is C25H26O2. The Labute approximate surface area is 161 Å². The van der Waals surface area contributed by atoms with Crippen molar-refractivity contribution in [2.24, 2.45) is 0 Å². The highest BCUT2D eigenvalue weighted by Crippen LogP contribution is 2.34. The number of hydrogen-bond acceptors (Lipinski definition) is 2. The first kappa shape index (κ1) is 19.1. The van der Waals surface area contributed by atoms with Crippen LogP contribution in [-0.2, 0) is 16.8 Å². The minimum Gasteiger partial charge on any atom is -0.362 e. The SMILES string of the molecule is CCCCOC(Cc1ccccc1)(C(=O)c1ccccc1)c1ccccc1. The number of ketones is 1. The van der Waals surface area contributed by atoms with Gasteiger partial charge < -0.3 is 4.74 Å². The highest BCUT2D eigenvalue weighted by atomic mass is 16.5. The summed E-state index contributed by atoms with van der Waals surface area (Å²) in [5.74, 6) is 0.00857. The standard InChI is InChI=1S/C25H26O2/c1-2-3-19-27-25(23-17-11-6-12-18-23,20-21-13-7-4-8-14-21)24(26)22-15-9-5-10-16-22/h4-18H,2-3,19-20H2,1H3. The Morgan fingerprint density at radius 2 is 1.37 bits per heavy atom. The predicted molar refractivity (Wildman–Crippen MR) is 110 cm³/mol. The molecule has 0 heterocycles. The summed E-state index contributed by atoms with van der Waals surface area (Å²) in [4.78, 5) is 13.7. The van der Waals surface area contributed by atoms with Crippen molar-refractivity contribution < 1.29 is 9.53 Å². The largest absolute Gasteiger partial charge is 0.362 e. The van der Waals surface area contributed by atoms with Crippen molar-refractivity contribution in [2.75, 3.05) is 6.61 Å². The summed E-state index contributed by atoms with van der Waals surface area (Å²) in [5, 5.41) is 0. The zero-order chi connectivity index (χ0) is 19.0. The van der Waals surface area contributed by atoms with Crippen molar-refractivity contribution in [2.45, 2.75) is 31.8 Å². The van der Waals surface area contributed by atoms with Crippen LogP contribution in [0.5, 0.6) is 0 Å². The van der Waals surface area contributed by atoms with Crippen LogP contribution in [0.4, 0.5) is 0 Å². The number of unbranched alkanes of at least 4 members (excludes halogenated alkanes) is 1. The fourth-order valence-corrected chi connectivity index (χ4v) is 3.32. The number of ether oxygens (including phenoxy) is 1. The molecule has 1 atom stereocenters. The smallest absolute Gasteiger partial charge is 0.199 e. The number of carbonyl (C=O) groups is 1. The Balaban J connectivity index is 2.09. The molecule has 0 aliphatic heterocycles. The number of carbonyl (C=O) groups excluding carboxylic acids is 1. The van der Waals surface area contributed by atoms with E-state index >= 15 is 0 Å². The molecule has 0 saturated carbocycles. The van der Waals surface area contributed by atoms with Crippen LogP contribution >= 0.6 is 0 Å². The first-order valence-electron chi connectivity index (χ1n) is 9.59. The van der Waals surface area contributed by atoms with E-state index in [-0.39, 0.29) is 5.78 Å². The van der Waals surface area contributed by atoms with E-state index in [1.807, 2.05) is 78.9 Å². The van der Waals surface area contributed by atoms with E-state index in [2.05, 4.69) is 19.1 Å². The van der Waals surface area contributed by atoms with E-state index in [0.29, 0.717) is 18.6 Å². The maximum atomic E-state index is 13.7. The quantitative estimate of drug-likeness (QED) is 0.356. The van der Waals surface area contributed by atoms with Gasteiger partial charge in [0.25, 0.3) is 0 Å². The molecule has 0 N–H and O–H groups in total. The van der Waals surface area contributed by atoms with Gasteiger partial charge in [0, 0.05) is 18.6 Å². The minimum atomic E-state index is -1.03. The Hall–Kier alpha value is -2.71. The molecule has 3 rings (SSSR count). The van der Waals surface area contributed by atoms with Gasteiger partial charge in [-0.25, -0.2) is 0 Å². The molecular weight excluding hydrogens is 332 g/mol. The summed E-state index contributed by atoms with van der Waals surface area (Å²) in [6, 6.07) is 29.5. The van der Waals surface area contributed by atoms with E-state index in [0.717, 1.165) is 24.0 Å². The number of Topliss-reactive ketones (excluding diaryl/α,β-unsaturated/α-hetero) is 1. The van der Waals surface area contributed by atoms with Crippen molar-refractivity contribution in [1.82, 2.24) is 0 Å². The van der Waals surface area contributed by atoms with E-state index in [1.54, 1.807) is 0 Å². The van der Waals surface area contributed by atoms with Crippen molar-refractivity contribution >= 4 is 5.78 Å². The van der Waals surface area contributed by atoms with Crippen LogP contribution in [0.3, 0.4) is 0 Å². The lowest BCUT2D eigenvalue weighted by atomic mass is 9.80. The summed E-state index contributed by atoms with van der Waals surface area (Å²) in [6.45, 7) is 2.68. The Bertz CT molecular complexity index is 828. The number of hydrogen-bond donors (Lipinski definition) is 0. The predicted octanol–water partition coefficient (Wildman–Crippen LogP) is 5.82. The van der Waals surface area contributed by atoms with Crippen molar-refractivity contribution in [3.05, 3.63) is 108 Å². The van der Waals surface area contributed by atoms with E-state index < -0.39 is 5.60 Å². The Kier molecular flexibility index (Phi) is 6.56. The first-order valence-corrected chi connectivity index (χ1v) is 9.59. The normalized spacial score (nSPS) is 13.1. The highest BCUT2D eigenvalue weighted by molar-refractivity contribution is 6.03. The Morgan fingerprint density at radius 1 is 0.815 bits per heavy atom. The van der Waals surface area contributed by atoms with Crippen LogP contribution in [0.1, 0.15) is 41.3 Å². The second-order valence-electron chi connectivity index (χ2n) is 6.75. The van der Waals surface area contributed by atoms with Crippen molar-refractivity contribution in [1.29, 1.82) is 0 Å². The fourth-order valence-electron chi connectivity index (χ4n) is 3.32. The van der Waals surface area contributed by atoms with Crippen LogP contribution in [0.25, 0.3) is 0 Å². The second kappa shape index (κ2) is 9.29. The lowest BCUT2D eigenvalue weighted by Crippen LogP contribution is -2.41. The molecule has 0 radical (unpaired) electrons. The lowest BCUT2D eigenvalue weighted by Gasteiger charge is -2.33. The molecule has 1 unspecified atom stereocenters. The lowest BCUT2D eigenvalue weighted by molar-refractivity contribution is -0.0307. The second-order valence-corrected chi connectivity index (χ2v) is 6.75. The van der Waals surface area contributed by atoms with Gasteiger partial charge in [0.2, 0.25) is 0 Å². The van der Waals surface area contributed by atoms with E-state index in [9.17, 15) is 4.79 Å². The third-order valence-electron chi connectivity index (χ3n) is 4.79. The third kappa shape index (κ3) is 4.53. The van der Waals surface area contributed by atoms with Gasteiger partial charge in [-0.3, -0.25) is 4.79 Å². The van der Waals surface area contributed by atoms with Crippen LogP contribution in [0.2, 0.25) is 0 Å². The molecule has 2 nitrogen and oxygen atoms in total. The van der Waals surface area contributed by atoms with Gasteiger partial charge in [-0.2, -0.15) is 0 Å². The summed E-state index contributed by atoms with van der Waals surface area (Å²) >= 11 is 0. The summed E-state index contributed by atoms with van der Waals surface area (Å²) in [7, 11) is 0. The average Bonchev–Trinajstić information content (AvgIpc) is 2.74. The molecule has 2 heteroatoms. The molecule has 0 aromatic heterocycles. The molecule has 3 aromatic rings. The summed E-state index contributed by atoms with van der Waals surface area (Å²) < 4.78 is 6.43. The third-order valence-corrected chi connectivity index (χ3v) is 4.79. The van der Waals surface area contributed by atoms with Crippen LogP contribution in [0.15, 0.2) is 91.0 Å². The molecule has 0 fully saturated rings. The van der Waals surface area contributed by atoms with E-state index in [4.69, 9.17) is 4.74 Å². The zero-order valence-electron chi connectivity index (χ0n) is 15.8. The molecule has 3 aromatic carbocycles. The monoisotopic (exact) mass is 358 g/mol. The molecule has 0 aliphatic carbocycles. The van der Waals surface area contributed by atoms with Crippen LogP contribution in [0, 0.1) is 0 Å². The molecule has 0 saturated heterocycles. The van der Waals surface area contributed by atoms with Crippen LogP contribution in [-0.4, -0.2) is 12.4 Å². The van der Waals surface area contributed by atoms with Crippen molar-refractivity contribution in [3.8, 4) is 0 Å². The average molecular weight is 358 g/mol. The van der Waals surface area contributed by atoms with Gasteiger partial charge in [-0.05, 0) is 17.5 Å². The molecule has 0 spiro atoms. The fraction of sp³-hybridized carbons (Fsp3) is 0.240. The molecule has 27 heavy (non-hydrogen) atoms. The zero-order valence-corrected chi connectivity index (χ0v) is 15.8. The van der Waals surface area contributed by atoms with Gasteiger partial charge in [0.05, 0.1) is 0 Å².